The normalized spacial score (nSPS) is 26.9. The lowest BCUT2D eigenvalue weighted by molar-refractivity contribution is -0.143. The number of piperidine rings is 1. The Labute approximate surface area is 111 Å². The van der Waals surface area contributed by atoms with E-state index in [4.69, 9.17) is 4.74 Å². The van der Waals surface area contributed by atoms with Crippen LogP contribution in [-0.4, -0.2) is 49.7 Å². The number of carbonyl (C=O) groups is 1. The molecule has 0 amide bonds. The number of likely N-dealkylation sites (N-methyl/N-ethyl adjacent to an activating group) is 1. The first-order valence-corrected chi connectivity index (χ1v) is 7.13. The predicted octanol–water partition coefficient (Wildman–Crippen LogP) is 1.65. The largest absolute Gasteiger partial charge is 0.468 e. The average Bonchev–Trinajstić information content (AvgIpc) is 2.35. The molecule has 18 heavy (non-hydrogen) atoms. The number of nitrogens with one attached hydrogen (secondary N) is 1. The SMILES string of the molecule is CCNC(CCN1CCC(C)CC1C)C(=O)OC. The Balaban J connectivity index is 2.39. The second-order valence-corrected chi connectivity index (χ2v) is 5.44. The van der Waals surface area contributed by atoms with E-state index in [1.807, 2.05) is 6.92 Å². The maximum Gasteiger partial charge on any atom is 0.322 e. The van der Waals surface area contributed by atoms with E-state index in [9.17, 15) is 4.79 Å². The van der Waals surface area contributed by atoms with Crippen molar-refractivity contribution in [1.82, 2.24) is 10.2 Å². The highest BCUT2D eigenvalue weighted by atomic mass is 16.5. The molecule has 3 unspecified atom stereocenters. The van der Waals surface area contributed by atoms with E-state index in [-0.39, 0.29) is 12.0 Å². The second kappa shape index (κ2) is 7.74. The minimum atomic E-state index is -0.161. The Kier molecular flexibility index (Phi) is 6.65. The van der Waals surface area contributed by atoms with Crippen LogP contribution in [0, 0.1) is 5.92 Å². The standard InChI is InChI=1S/C14H28N2O2/c1-5-15-13(14(17)18-4)7-9-16-8-6-11(2)10-12(16)3/h11-13,15H,5-10H2,1-4H3. The Hall–Kier alpha value is -0.610. The molecule has 1 aliphatic heterocycles. The molecule has 4 heteroatoms. The van der Waals surface area contributed by atoms with Crippen molar-refractivity contribution in [2.75, 3.05) is 26.7 Å². The summed E-state index contributed by atoms with van der Waals surface area (Å²) in [5.74, 6) is 0.691. The van der Waals surface area contributed by atoms with Gasteiger partial charge in [0.15, 0.2) is 0 Å². The Morgan fingerprint density at radius 2 is 2.22 bits per heavy atom. The van der Waals surface area contributed by atoms with Gasteiger partial charge in [0.25, 0.3) is 0 Å². The molecule has 3 atom stereocenters. The Morgan fingerprint density at radius 1 is 1.50 bits per heavy atom. The highest BCUT2D eigenvalue weighted by Crippen LogP contribution is 2.22. The van der Waals surface area contributed by atoms with Crippen LogP contribution in [0.2, 0.25) is 0 Å². The monoisotopic (exact) mass is 256 g/mol. The summed E-state index contributed by atoms with van der Waals surface area (Å²) in [6.07, 6.45) is 3.37. The van der Waals surface area contributed by atoms with Crippen LogP contribution in [-0.2, 0) is 9.53 Å². The summed E-state index contributed by atoms with van der Waals surface area (Å²) < 4.78 is 4.83. The van der Waals surface area contributed by atoms with Crippen LogP contribution in [0.5, 0.6) is 0 Å². The summed E-state index contributed by atoms with van der Waals surface area (Å²) in [7, 11) is 1.46. The minimum absolute atomic E-state index is 0.144. The van der Waals surface area contributed by atoms with Crippen LogP contribution in [0.25, 0.3) is 0 Å². The fourth-order valence-corrected chi connectivity index (χ4v) is 2.77. The molecule has 0 aromatic heterocycles. The Morgan fingerprint density at radius 3 is 2.78 bits per heavy atom. The second-order valence-electron chi connectivity index (χ2n) is 5.44. The molecule has 0 aromatic rings. The van der Waals surface area contributed by atoms with Gasteiger partial charge < -0.3 is 15.0 Å². The quantitative estimate of drug-likeness (QED) is 0.734. The summed E-state index contributed by atoms with van der Waals surface area (Å²) in [5.41, 5.74) is 0. The van der Waals surface area contributed by atoms with Crippen molar-refractivity contribution in [2.24, 2.45) is 5.92 Å². The predicted molar refractivity (Wildman–Crippen MR) is 73.5 cm³/mol. The first-order chi connectivity index (χ1) is 8.58. The van der Waals surface area contributed by atoms with Gasteiger partial charge in [-0.15, -0.1) is 0 Å². The van der Waals surface area contributed by atoms with Crippen LogP contribution in [0.4, 0.5) is 0 Å². The van der Waals surface area contributed by atoms with Crippen molar-refractivity contribution in [1.29, 1.82) is 0 Å². The van der Waals surface area contributed by atoms with Crippen LogP contribution in [0.3, 0.4) is 0 Å². The van der Waals surface area contributed by atoms with Crippen molar-refractivity contribution >= 4 is 5.97 Å². The smallest absolute Gasteiger partial charge is 0.322 e. The van der Waals surface area contributed by atoms with Gasteiger partial charge in [-0.25, -0.2) is 0 Å². The lowest BCUT2D eigenvalue weighted by atomic mass is 9.93. The number of carbonyl (C=O) groups excluding carboxylic acids is 1. The van der Waals surface area contributed by atoms with E-state index in [0.717, 1.165) is 32.0 Å². The van der Waals surface area contributed by atoms with E-state index in [2.05, 4.69) is 24.1 Å². The van der Waals surface area contributed by atoms with Gasteiger partial charge in [0.2, 0.25) is 0 Å². The van der Waals surface area contributed by atoms with Crippen molar-refractivity contribution in [3.63, 3.8) is 0 Å². The molecule has 106 valence electrons. The molecule has 0 radical (unpaired) electrons. The molecule has 1 saturated heterocycles. The zero-order valence-corrected chi connectivity index (χ0v) is 12.2. The fourth-order valence-electron chi connectivity index (χ4n) is 2.77. The van der Waals surface area contributed by atoms with Gasteiger partial charge in [-0.3, -0.25) is 4.79 Å². The molecule has 1 heterocycles. The lowest BCUT2D eigenvalue weighted by Gasteiger charge is -2.37. The van der Waals surface area contributed by atoms with Gasteiger partial charge in [0.05, 0.1) is 7.11 Å². The highest BCUT2D eigenvalue weighted by molar-refractivity contribution is 5.75. The minimum Gasteiger partial charge on any atom is -0.468 e. The molecule has 4 nitrogen and oxygen atoms in total. The molecular weight excluding hydrogens is 228 g/mol. The molecule has 1 N–H and O–H groups in total. The van der Waals surface area contributed by atoms with Gasteiger partial charge in [0.1, 0.15) is 6.04 Å². The zero-order valence-electron chi connectivity index (χ0n) is 12.2. The van der Waals surface area contributed by atoms with Gasteiger partial charge in [-0.1, -0.05) is 13.8 Å². The number of rotatable bonds is 6. The number of hydrogen-bond acceptors (Lipinski definition) is 4. The number of nitrogens with zero attached hydrogens (tertiary/aromatic N) is 1. The van der Waals surface area contributed by atoms with Crippen molar-refractivity contribution in [3.05, 3.63) is 0 Å². The van der Waals surface area contributed by atoms with E-state index in [1.54, 1.807) is 0 Å². The molecule has 0 aromatic carbocycles. The maximum absolute atomic E-state index is 11.6. The summed E-state index contributed by atoms with van der Waals surface area (Å²) in [6.45, 7) is 9.55. The Bertz CT molecular complexity index is 258. The number of ether oxygens (including phenoxy) is 1. The molecule has 0 aliphatic carbocycles. The van der Waals surface area contributed by atoms with E-state index >= 15 is 0 Å². The summed E-state index contributed by atoms with van der Waals surface area (Å²) in [6, 6.07) is 0.472. The number of methoxy groups -OCH3 is 1. The van der Waals surface area contributed by atoms with Crippen molar-refractivity contribution < 1.29 is 9.53 Å². The highest BCUT2D eigenvalue weighted by Gasteiger charge is 2.25. The maximum atomic E-state index is 11.6. The number of likely N-dealkylation sites (tertiary alicyclic amines) is 1. The van der Waals surface area contributed by atoms with Gasteiger partial charge in [-0.2, -0.15) is 0 Å². The lowest BCUT2D eigenvalue weighted by Crippen LogP contribution is -2.45. The number of esters is 1. The third kappa shape index (κ3) is 4.58. The first kappa shape index (κ1) is 15.4. The van der Waals surface area contributed by atoms with Gasteiger partial charge in [-0.05, 0) is 45.2 Å². The van der Waals surface area contributed by atoms with Crippen LogP contribution >= 0.6 is 0 Å². The van der Waals surface area contributed by atoms with E-state index < -0.39 is 0 Å². The zero-order chi connectivity index (χ0) is 13.5. The van der Waals surface area contributed by atoms with Gasteiger partial charge >= 0.3 is 5.97 Å². The summed E-state index contributed by atoms with van der Waals surface area (Å²) in [4.78, 5) is 14.1. The molecule has 0 spiro atoms. The van der Waals surface area contributed by atoms with Crippen LogP contribution in [0.15, 0.2) is 0 Å². The molecular formula is C14H28N2O2. The molecule has 1 rings (SSSR count). The van der Waals surface area contributed by atoms with E-state index in [1.165, 1.54) is 20.0 Å². The van der Waals surface area contributed by atoms with Gasteiger partial charge in [0, 0.05) is 12.6 Å². The van der Waals surface area contributed by atoms with E-state index in [0.29, 0.717) is 6.04 Å². The summed E-state index contributed by atoms with van der Waals surface area (Å²) >= 11 is 0. The molecule has 1 fully saturated rings. The van der Waals surface area contributed by atoms with Crippen molar-refractivity contribution in [2.45, 2.75) is 52.1 Å². The average molecular weight is 256 g/mol. The third-order valence-electron chi connectivity index (χ3n) is 3.92. The van der Waals surface area contributed by atoms with Crippen LogP contribution in [0.1, 0.15) is 40.0 Å². The van der Waals surface area contributed by atoms with Crippen LogP contribution < -0.4 is 5.32 Å². The molecule has 0 saturated carbocycles. The van der Waals surface area contributed by atoms with Crippen molar-refractivity contribution in [3.8, 4) is 0 Å². The summed E-state index contributed by atoms with van der Waals surface area (Å²) in [5, 5.41) is 3.20. The number of hydrogen-bond donors (Lipinski definition) is 1. The molecule has 1 aliphatic rings. The topological polar surface area (TPSA) is 41.6 Å². The molecule has 0 bridgehead atoms. The third-order valence-corrected chi connectivity index (χ3v) is 3.92. The fraction of sp³-hybridized carbons (Fsp3) is 0.929. The first-order valence-electron chi connectivity index (χ1n) is 7.13.